The van der Waals surface area contributed by atoms with Gasteiger partial charge in [-0.2, -0.15) is 0 Å². The second kappa shape index (κ2) is 5.84. The van der Waals surface area contributed by atoms with Crippen LogP contribution in [0.5, 0.6) is 11.5 Å². The fourth-order valence-corrected chi connectivity index (χ4v) is 2.26. The number of aryl methyl sites for hydroxylation is 2. The van der Waals surface area contributed by atoms with Crippen LogP contribution in [0, 0.1) is 13.8 Å². The first-order valence-electron chi connectivity index (χ1n) is 6.04. The summed E-state index contributed by atoms with van der Waals surface area (Å²) in [6.07, 6.45) is 0. The molecule has 0 amide bonds. The Hall–Kier alpha value is -2.20. The maximum atomic E-state index is 8.61. The van der Waals surface area contributed by atoms with Gasteiger partial charge in [-0.05, 0) is 61.4 Å². The largest absolute Gasteiger partial charge is 0.457 e. The van der Waals surface area contributed by atoms with Crippen LogP contribution in [0.4, 0.5) is 0 Å². The number of ether oxygens (including phenoxy) is 1. The second-order valence-corrected chi connectivity index (χ2v) is 4.92. The topological polar surface area (TPSA) is 67.8 Å². The molecule has 0 unspecified atom stereocenters. The van der Waals surface area contributed by atoms with Crippen LogP contribution in [-0.4, -0.2) is 11.0 Å². The molecule has 0 saturated heterocycles. The highest BCUT2D eigenvalue weighted by molar-refractivity contribution is 6.30. The highest BCUT2D eigenvalue weighted by Gasteiger charge is 2.07. The number of hydrogen-bond donors (Lipinski definition) is 2. The Morgan fingerprint density at radius 3 is 2.20 bits per heavy atom. The van der Waals surface area contributed by atoms with E-state index in [9.17, 15) is 0 Å². The highest BCUT2D eigenvalue weighted by Crippen LogP contribution is 2.31. The van der Waals surface area contributed by atoms with Crippen molar-refractivity contribution in [2.24, 2.45) is 10.9 Å². The van der Waals surface area contributed by atoms with E-state index in [2.05, 4.69) is 5.16 Å². The SMILES string of the molecule is Cc1cc(Cl)cc(C)c1Oc1ccc(/C(N)=N/O)cc1. The molecule has 0 atom stereocenters. The number of halogens is 1. The smallest absolute Gasteiger partial charge is 0.170 e. The molecule has 20 heavy (non-hydrogen) atoms. The van der Waals surface area contributed by atoms with Crippen molar-refractivity contribution in [3.8, 4) is 11.5 Å². The monoisotopic (exact) mass is 290 g/mol. The summed E-state index contributed by atoms with van der Waals surface area (Å²) in [5, 5.41) is 12.2. The molecule has 3 N–H and O–H groups in total. The fraction of sp³-hybridized carbons (Fsp3) is 0.133. The molecule has 0 heterocycles. The first-order chi connectivity index (χ1) is 9.51. The van der Waals surface area contributed by atoms with Crippen LogP contribution in [0.2, 0.25) is 5.02 Å². The molecule has 104 valence electrons. The third-order valence-corrected chi connectivity index (χ3v) is 3.12. The molecular weight excluding hydrogens is 276 g/mol. The Morgan fingerprint density at radius 1 is 1.15 bits per heavy atom. The summed E-state index contributed by atoms with van der Waals surface area (Å²) >= 11 is 5.99. The molecule has 2 aromatic rings. The number of amidine groups is 1. The Labute approximate surface area is 122 Å². The van der Waals surface area contributed by atoms with Crippen molar-refractivity contribution in [2.75, 3.05) is 0 Å². The van der Waals surface area contributed by atoms with E-state index in [1.54, 1.807) is 24.3 Å². The molecule has 0 bridgehead atoms. The van der Waals surface area contributed by atoms with Gasteiger partial charge >= 0.3 is 0 Å². The molecule has 0 spiro atoms. The maximum Gasteiger partial charge on any atom is 0.170 e. The molecule has 0 aliphatic carbocycles. The molecule has 0 aliphatic rings. The molecule has 2 aromatic carbocycles. The van der Waals surface area contributed by atoms with E-state index in [1.807, 2.05) is 26.0 Å². The lowest BCUT2D eigenvalue weighted by molar-refractivity contribution is 0.318. The van der Waals surface area contributed by atoms with E-state index >= 15 is 0 Å². The standard InChI is InChI=1S/C15H15ClN2O2/c1-9-7-12(16)8-10(2)14(9)20-13-5-3-11(4-6-13)15(17)18-19/h3-8,19H,1-2H3,(H2,17,18). The average molecular weight is 291 g/mol. The molecule has 2 rings (SSSR count). The van der Waals surface area contributed by atoms with Gasteiger partial charge in [-0.1, -0.05) is 16.8 Å². The Morgan fingerprint density at radius 2 is 1.70 bits per heavy atom. The zero-order valence-electron chi connectivity index (χ0n) is 11.2. The summed E-state index contributed by atoms with van der Waals surface area (Å²) < 4.78 is 5.86. The summed E-state index contributed by atoms with van der Waals surface area (Å²) in [5.41, 5.74) is 8.07. The number of nitrogens with zero attached hydrogens (tertiary/aromatic N) is 1. The van der Waals surface area contributed by atoms with Gasteiger partial charge in [0.1, 0.15) is 11.5 Å². The number of hydrogen-bond acceptors (Lipinski definition) is 3. The first-order valence-corrected chi connectivity index (χ1v) is 6.41. The van der Waals surface area contributed by atoms with Crippen molar-refractivity contribution < 1.29 is 9.94 Å². The van der Waals surface area contributed by atoms with Crippen LogP contribution in [0.25, 0.3) is 0 Å². The Balaban J connectivity index is 2.27. The number of oxime groups is 1. The molecule has 5 heteroatoms. The van der Waals surface area contributed by atoms with Crippen molar-refractivity contribution in [1.82, 2.24) is 0 Å². The van der Waals surface area contributed by atoms with Crippen LogP contribution in [0.3, 0.4) is 0 Å². The number of benzene rings is 2. The molecule has 0 radical (unpaired) electrons. The minimum Gasteiger partial charge on any atom is -0.457 e. The van der Waals surface area contributed by atoms with Gasteiger partial charge in [-0.25, -0.2) is 0 Å². The molecule has 0 aromatic heterocycles. The Bertz CT molecular complexity index is 628. The van der Waals surface area contributed by atoms with Crippen LogP contribution in [0.1, 0.15) is 16.7 Å². The zero-order valence-corrected chi connectivity index (χ0v) is 12.0. The minimum atomic E-state index is 0.0652. The molecule has 4 nitrogen and oxygen atoms in total. The van der Waals surface area contributed by atoms with E-state index in [4.69, 9.17) is 27.3 Å². The van der Waals surface area contributed by atoms with Gasteiger partial charge in [0.15, 0.2) is 5.84 Å². The van der Waals surface area contributed by atoms with Gasteiger partial charge in [-0.15, -0.1) is 0 Å². The van der Waals surface area contributed by atoms with Crippen LogP contribution in [-0.2, 0) is 0 Å². The van der Waals surface area contributed by atoms with Gasteiger partial charge in [0.25, 0.3) is 0 Å². The predicted octanol–water partition coefficient (Wildman–Crippen LogP) is 3.84. The van der Waals surface area contributed by atoms with Gasteiger partial charge < -0.3 is 15.7 Å². The quantitative estimate of drug-likeness (QED) is 0.390. The number of rotatable bonds is 3. The van der Waals surface area contributed by atoms with Crippen LogP contribution >= 0.6 is 11.6 Å². The van der Waals surface area contributed by atoms with Gasteiger partial charge in [0.05, 0.1) is 0 Å². The summed E-state index contributed by atoms with van der Waals surface area (Å²) in [4.78, 5) is 0. The van der Waals surface area contributed by atoms with E-state index in [1.165, 1.54) is 0 Å². The zero-order chi connectivity index (χ0) is 14.7. The fourth-order valence-electron chi connectivity index (χ4n) is 1.93. The molecular formula is C15H15ClN2O2. The first kappa shape index (κ1) is 14.2. The van der Waals surface area contributed by atoms with Gasteiger partial charge in [0.2, 0.25) is 0 Å². The minimum absolute atomic E-state index is 0.0652. The maximum absolute atomic E-state index is 8.61. The molecule has 0 aliphatic heterocycles. The van der Waals surface area contributed by atoms with Crippen LogP contribution in [0.15, 0.2) is 41.6 Å². The van der Waals surface area contributed by atoms with Crippen molar-refractivity contribution in [2.45, 2.75) is 13.8 Å². The Kier molecular flexibility index (Phi) is 4.15. The molecule has 0 saturated carbocycles. The lowest BCUT2D eigenvalue weighted by atomic mass is 10.1. The third-order valence-electron chi connectivity index (χ3n) is 2.90. The van der Waals surface area contributed by atoms with Crippen molar-refractivity contribution >= 4 is 17.4 Å². The molecule has 0 fully saturated rings. The van der Waals surface area contributed by atoms with E-state index in [0.717, 1.165) is 16.9 Å². The lowest BCUT2D eigenvalue weighted by Gasteiger charge is -2.12. The normalized spacial score (nSPS) is 11.4. The van der Waals surface area contributed by atoms with Crippen molar-refractivity contribution in [1.29, 1.82) is 0 Å². The summed E-state index contributed by atoms with van der Waals surface area (Å²) in [5.74, 6) is 1.52. The van der Waals surface area contributed by atoms with E-state index < -0.39 is 0 Å². The van der Waals surface area contributed by atoms with Gasteiger partial charge in [-0.3, -0.25) is 0 Å². The van der Waals surface area contributed by atoms with Crippen molar-refractivity contribution in [3.63, 3.8) is 0 Å². The average Bonchev–Trinajstić information content (AvgIpc) is 2.42. The second-order valence-electron chi connectivity index (χ2n) is 4.48. The highest BCUT2D eigenvalue weighted by atomic mass is 35.5. The summed E-state index contributed by atoms with van der Waals surface area (Å²) in [7, 11) is 0. The lowest BCUT2D eigenvalue weighted by Crippen LogP contribution is -2.12. The summed E-state index contributed by atoms with van der Waals surface area (Å²) in [6, 6.07) is 10.7. The van der Waals surface area contributed by atoms with E-state index in [-0.39, 0.29) is 5.84 Å². The van der Waals surface area contributed by atoms with Crippen LogP contribution < -0.4 is 10.5 Å². The third kappa shape index (κ3) is 3.03. The predicted molar refractivity (Wildman–Crippen MR) is 80.0 cm³/mol. The van der Waals surface area contributed by atoms with E-state index in [0.29, 0.717) is 16.3 Å². The number of nitrogens with two attached hydrogens (primary N) is 1. The van der Waals surface area contributed by atoms with Gasteiger partial charge in [0, 0.05) is 10.6 Å². The summed E-state index contributed by atoms with van der Waals surface area (Å²) in [6.45, 7) is 3.89. The van der Waals surface area contributed by atoms with Crippen molar-refractivity contribution in [3.05, 3.63) is 58.1 Å².